The predicted molar refractivity (Wildman–Crippen MR) is 81.4 cm³/mol. The maximum atomic E-state index is 10.0. The highest BCUT2D eigenvalue weighted by atomic mass is 16.4. The summed E-state index contributed by atoms with van der Waals surface area (Å²) < 4.78 is 0. The van der Waals surface area contributed by atoms with Crippen molar-refractivity contribution in [1.82, 2.24) is 5.32 Å². The maximum absolute atomic E-state index is 10.0. The van der Waals surface area contributed by atoms with Gasteiger partial charge in [0.2, 0.25) is 0 Å². The van der Waals surface area contributed by atoms with E-state index >= 15 is 0 Å². The summed E-state index contributed by atoms with van der Waals surface area (Å²) in [5, 5.41) is 51.6. The molecule has 0 bridgehead atoms. The molecule has 0 amide bonds. The minimum Gasteiger partial charge on any atom is -0.507 e. The van der Waals surface area contributed by atoms with Gasteiger partial charge in [-0.1, -0.05) is 18.2 Å². The van der Waals surface area contributed by atoms with Gasteiger partial charge in [0.05, 0.1) is 12.6 Å². The highest BCUT2D eigenvalue weighted by Crippen LogP contribution is 2.24. The average molecular weight is 309 g/mol. The minimum absolute atomic E-state index is 0.266. The van der Waals surface area contributed by atoms with E-state index in [0.717, 1.165) is 16.7 Å². The number of benzene rings is 1. The molecule has 0 spiro atoms. The molecule has 1 aromatic rings. The fraction of sp³-hybridized carbons (Fsp3) is 0.500. The SMILES string of the molecule is Cc1cc(CN[C@H]2C=C(CO)[C@@H](O)C(O)[C@H]2O)cc(C)c1O. The molecule has 1 unspecified atom stereocenters. The van der Waals surface area contributed by atoms with Crippen molar-refractivity contribution < 1.29 is 25.5 Å². The highest BCUT2D eigenvalue weighted by molar-refractivity contribution is 5.42. The van der Waals surface area contributed by atoms with Crippen molar-refractivity contribution in [3.63, 3.8) is 0 Å². The first-order valence-electron chi connectivity index (χ1n) is 7.23. The van der Waals surface area contributed by atoms with E-state index in [0.29, 0.717) is 6.54 Å². The Labute approximate surface area is 129 Å². The van der Waals surface area contributed by atoms with Gasteiger partial charge in [0.1, 0.15) is 24.1 Å². The van der Waals surface area contributed by atoms with Crippen LogP contribution in [0, 0.1) is 13.8 Å². The van der Waals surface area contributed by atoms with Gasteiger partial charge in [-0.15, -0.1) is 0 Å². The molecule has 2 rings (SSSR count). The maximum Gasteiger partial charge on any atom is 0.121 e. The number of hydrogen-bond donors (Lipinski definition) is 6. The summed E-state index contributed by atoms with van der Waals surface area (Å²) in [6.07, 6.45) is -2.21. The largest absolute Gasteiger partial charge is 0.507 e. The number of aryl methyl sites for hydroxylation is 2. The zero-order valence-corrected chi connectivity index (χ0v) is 12.7. The van der Waals surface area contributed by atoms with E-state index in [-0.39, 0.29) is 17.9 Å². The Hall–Kier alpha value is -1.44. The second-order valence-electron chi connectivity index (χ2n) is 5.81. The van der Waals surface area contributed by atoms with Crippen LogP contribution in [0.5, 0.6) is 5.75 Å². The summed E-state index contributed by atoms with van der Waals surface area (Å²) >= 11 is 0. The Bertz CT molecular complexity index is 549. The number of aromatic hydroxyl groups is 1. The van der Waals surface area contributed by atoms with E-state index in [1.165, 1.54) is 0 Å². The zero-order valence-electron chi connectivity index (χ0n) is 12.7. The smallest absolute Gasteiger partial charge is 0.121 e. The molecule has 0 aromatic heterocycles. The minimum atomic E-state index is -1.34. The third kappa shape index (κ3) is 3.31. The van der Waals surface area contributed by atoms with Gasteiger partial charge >= 0.3 is 0 Å². The molecule has 122 valence electrons. The van der Waals surface area contributed by atoms with Crippen LogP contribution in [0.2, 0.25) is 0 Å². The predicted octanol–water partition coefficient (Wildman–Crippen LogP) is -0.518. The first-order valence-corrected chi connectivity index (χ1v) is 7.23. The monoisotopic (exact) mass is 309 g/mol. The number of aliphatic hydroxyl groups is 4. The lowest BCUT2D eigenvalue weighted by Gasteiger charge is -2.34. The summed E-state index contributed by atoms with van der Waals surface area (Å²) in [5.74, 6) is 0.266. The first-order chi connectivity index (χ1) is 10.3. The van der Waals surface area contributed by atoms with Gasteiger partial charge in [-0.25, -0.2) is 0 Å². The Balaban J connectivity index is 2.12. The van der Waals surface area contributed by atoms with Crippen molar-refractivity contribution >= 4 is 0 Å². The molecule has 0 saturated heterocycles. The van der Waals surface area contributed by atoms with E-state index in [2.05, 4.69) is 5.32 Å². The van der Waals surface area contributed by atoms with Gasteiger partial charge in [-0.2, -0.15) is 0 Å². The molecule has 6 nitrogen and oxygen atoms in total. The molecule has 6 heteroatoms. The first kappa shape index (κ1) is 16.9. The zero-order chi connectivity index (χ0) is 16.4. The van der Waals surface area contributed by atoms with Crippen LogP contribution in [0.4, 0.5) is 0 Å². The number of aliphatic hydroxyl groups excluding tert-OH is 4. The summed E-state index contributed by atoms with van der Waals surface area (Å²) in [7, 11) is 0. The highest BCUT2D eigenvalue weighted by Gasteiger charge is 2.36. The number of nitrogens with one attached hydrogen (secondary N) is 1. The Kier molecular flexibility index (Phi) is 5.20. The molecule has 1 aliphatic rings. The molecule has 4 atom stereocenters. The Morgan fingerprint density at radius 1 is 1.05 bits per heavy atom. The second-order valence-corrected chi connectivity index (χ2v) is 5.81. The molecular formula is C16H23NO5. The lowest BCUT2D eigenvalue weighted by atomic mass is 9.88. The lowest BCUT2D eigenvalue weighted by molar-refractivity contribution is -0.0643. The van der Waals surface area contributed by atoms with Crippen molar-refractivity contribution in [2.24, 2.45) is 0 Å². The molecule has 1 aliphatic carbocycles. The molecule has 0 saturated carbocycles. The van der Waals surface area contributed by atoms with Crippen LogP contribution in [0.15, 0.2) is 23.8 Å². The molecule has 0 fully saturated rings. The molecule has 0 heterocycles. The molecule has 0 aliphatic heterocycles. The van der Waals surface area contributed by atoms with E-state index in [1.54, 1.807) is 6.08 Å². The van der Waals surface area contributed by atoms with Crippen molar-refractivity contribution in [1.29, 1.82) is 0 Å². The van der Waals surface area contributed by atoms with Crippen LogP contribution in [-0.2, 0) is 6.54 Å². The number of rotatable bonds is 4. The van der Waals surface area contributed by atoms with Gasteiger partial charge in [0.25, 0.3) is 0 Å². The van der Waals surface area contributed by atoms with Gasteiger partial charge in [0, 0.05) is 6.54 Å². The third-order valence-electron chi connectivity index (χ3n) is 4.09. The molecular weight excluding hydrogens is 286 g/mol. The van der Waals surface area contributed by atoms with Gasteiger partial charge in [0.15, 0.2) is 0 Å². The van der Waals surface area contributed by atoms with E-state index in [4.69, 9.17) is 0 Å². The van der Waals surface area contributed by atoms with Crippen LogP contribution in [-0.4, -0.2) is 56.5 Å². The fourth-order valence-electron chi connectivity index (χ4n) is 2.76. The topological polar surface area (TPSA) is 113 Å². The normalized spacial score (nSPS) is 28.5. The molecule has 22 heavy (non-hydrogen) atoms. The summed E-state index contributed by atoms with van der Waals surface area (Å²) in [6, 6.07) is 3.11. The van der Waals surface area contributed by atoms with Crippen LogP contribution in [0.3, 0.4) is 0 Å². The van der Waals surface area contributed by atoms with Crippen LogP contribution in [0.25, 0.3) is 0 Å². The van der Waals surface area contributed by atoms with Gasteiger partial charge in [-0.3, -0.25) is 0 Å². The third-order valence-corrected chi connectivity index (χ3v) is 4.09. The standard InChI is InChI=1S/C16H23NO5/c1-8-3-10(4-9(2)13(8)19)6-17-12-5-11(7-18)14(20)16(22)15(12)21/h3-5,12,14-22H,6-7H2,1-2H3/t12-,14+,15-,16?/m0/s1. The van der Waals surface area contributed by atoms with Crippen molar-refractivity contribution in [2.75, 3.05) is 6.61 Å². The van der Waals surface area contributed by atoms with E-state index in [1.807, 2.05) is 26.0 Å². The number of phenols is 1. The van der Waals surface area contributed by atoms with E-state index < -0.39 is 24.4 Å². The second kappa shape index (κ2) is 6.76. The van der Waals surface area contributed by atoms with Crippen LogP contribution >= 0.6 is 0 Å². The Morgan fingerprint density at radius 3 is 2.18 bits per heavy atom. The Morgan fingerprint density at radius 2 is 1.64 bits per heavy atom. The number of hydrogen-bond acceptors (Lipinski definition) is 6. The van der Waals surface area contributed by atoms with Crippen molar-refractivity contribution in [3.8, 4) is 5.75 Å². The molecule has 0 radical (unpaired) electrons. The number of phenolic OH excluding ortho intramolecular Hbond substituents is 1. The van der Waals surface area contributed by atoms with Crippen molar-refractivity contribution in [2.45, 2.75) is 44.7 Å². The van der Waals surface area contributed by atoms with Crippen molar-refractivity contribution in [3.05, 3.63) is 40.5 Å². The summed E-state index contributed by atoms with van der Waals surface area (Å²) in [4.78, 5) is 0. The summed E-state index contributed by atoms with van der Waals surface area (Å²) in [6.45, 7) is 3.67. The van der Waals surface area contributed by atoms with Gasteiger partial charge < -0.3 is 30.8 Å². The van der Waals surface area contributed by atoms with Crippen LogP contribution in [0.1, 0.15) is 16.7 Å². The fourth-order valence-corrected chi connectivity index (χ4v) is 2.76. The van der Waals surface area contributed by atoms with Crippen LogP contribution < -0.4 is 5.32 Å². The average Bonchev–Trinajstić information content (AvgIpc) is 2.49. The quantitative estimate of drug-likeness (QED) is 0.417. The lowest BCUT2D eigenvalue weighted by Crippen LogP contribution is -2.53. The van der Waals surface area contributed by atoms with E-state index in [9.17, 15) is 25.5 Å². The van der Waals surface area contributed by atoms with Gasteiger partial charge in [-0.05, 0) is 36.1 Å². The molecule has 1 aromatic carbocycles. The molecule has 6 N–H and O–H groups in total. The summed E-state index contributed by atoms with van der Waals surface area (Å²) in [5.41, 5.74) is 2.75.